The molecule has 25 heavy (non-hydrogen) atoms. The smallest absolute Gasteiger partial charge is 0.322 e. The van der Waals surface area contributed by atoms with Gasteiger partial charge in [0.05, 0.1) is 26.7 Å². The Morgan fingerprint density at radius 1 is 1.28 bits per heavy atom. The Morgan fingerprint density at radius 2 is 2.08 bits per heavy atom. The Morgan fingerprint density at radius 3 is 2.72 bits per heavy atom. The number of rotatable bonds is 5. The second-order valence-electron chi connectivity index (χ2n) is 6.07. The van der Waals surface area contributed by atoms with E-state index in [2.05, 4.69) is 10.6 Å². The summed E-state index contributed by atoms with van der Waals surface area (Å²) < 4.78 is 10.7. The maximum Gasteiger partial charge on any atom is 0.322 e. The van der Waals surface area contributed by atoms with Gasteiger partial charge < -0.3 is 19.7 Å². The predicted octanol–water partition coefficient (Wildman–Crippen LogP) is 0.965. The molecule has 134 valence electrons. The molecule has 0 aliphatic carbocycles. The lowest BCUT2D eigenvalue weighted by atomic mass is 10.0. The van der Waals surface area contributed by atoms with Crippen molar-refractivity contribution >= 4 is 17.8 Å². The summed E-state index contributed by atoms with van der Waals surface area (Å²) in [6.07, 6.45) is 1.64. The number of likely N-dealkylation sites (tertiary alicyclic amines) is 1. The molecule has 8 nitrogen and oxygen atoms in total. The lowest BCUT2D eigenvalue weighted by molar-refractivity contribution is -0.134. The largest absolute Gasteiger partial charge is 0.497 e. The van der Waals surface area contributed by atoms with Crippen molar-refractivity contribution in [2.45, 2.75) is 31.3 Å². The zero-order valence-electron chi connectivity index (χ0n) is 14.2. The van der Waals surface area contributed by atoms with Gasteiger partial charge in [-0.15, -0.1) is 0 Å². The quantitative estimate of drug-likeness (QED) is 0.774. The van der Waals surface area contributed by atoms with Crippen molar-refractivity contribution in [3.8, 4) is 11.5 Å². The molecule has 2 atom stereocenters. The highest BCUT2D eigenvalue weighted by atomic mass is 16.5. The summed E-state index contributed by atoms with van der Waals surface area (Å²) >= 11 is 0. The van der Waals surface area contributed by atoms with E-state index in [1.54, 1.807) is 25.2 Å². The van der Waals surface area contributed by atoms with Crippen LogP contribution in [0.25, 0.3) is 0 Å². The summed E-state index contributed by atoms with van der Waals surface area (Å²) in [5, 5.41) is 4.60. The van der Waals surface area contributed by atoms with Crippen LogP contribution in [0, 0.1) is 0 Å². The van der Waals surface area contributed by atoms with Gasteiger partial charge in [0, 0.05) is 18.2 Å². The molecule has 2 heterocycles. The second-order valence-corrected chi connectivity index (χ2v) is 6.07. The van der Waals surface area contributed by atoms with Gasteiger partial charge in [-0.2, -0.15) is 0 Å². The van der Waals surface area contributed by atoms with Crippen molar-refractivity contribution in [2.75, 3.05) is 20.8 Å². The maximum atomic E-state index is 12.7. The molecule has 1 aromatic carbocycles. The number of urea groups is 1. The molecule has 3 rings (SSSR count). The molecular weight excluding hydrogens is 326 g/mol. The Balaban J connectivity index is 1.77. The van der Waals surface area contributed by atoms with E-state index in [1.807, 2.05) is 12.1 Å². The standard InChI is InChI=1S/C17H21N3O5/c1-24-10-5-6-11(14(8-10)25-2)13-4-3-7-20(13)15(21)9-12-16(22)19-17(23)18-12/h5-6,8,12-13H,3-4,7,9H2,1-2H3,(H2,18,19,22,23). The topological polar surface area (TPSA) is 97.0 Å². The van der Waals surface area contributed by atoms with Crippen molar-refractivity contribution in [1.29, 1.82) is 0 Å². The summed E-state index contributed by atoms with van der Waals surface area (Å²) in [4.78, 5) is 37.3. The lowest BCUT2D eigenvalue weighted by Crippen LogP contribution is -2.38. The number of hydrogen-bond donors (Lipinski definition) is 2. The number of ether oxygens (including phenoxy) is 2. The first-order valence-corrected chi connectivity index (χ1v) is 8.16. The first-order valence-electron chi connectivity index (χ1n) is 8.16. The predicted molar refractivity (Wildman–Crippen MR) is 88.3 cm³/mol. The van der Waals surface area contributed by atoms with E-state index in [0.29, 0.717) is 18.0 Å². The monoisotopic (exact) mass is 347 g/mol. The van der Waals surface area contributed by atoms with Crippen molar-refractivity contribution in [3.05, 3.63) is 23.8 Å². The average molecular weight is 347 g/mol. The van der Waals surface area contributed by atoms with Crippen LogP contribution < -0.4 is 20.1 Å². The molecule has 2 fully saturated rings. The molecule has 0 saturated carbocycles. The van der Waals surface area contributed by atoms with Gasteiger partial charge in [0.1, 0.15) is 17.5 Å². The fourth-order valence-electron chi connectivity index (χ4n) is 3.38. The lowest BCUT2D eigenvalue weighted by Gasteiger charge is -2.27. The zero-order chi connectivity index (χ0) is 18.0. The molecule has 0 aromatic heterocycles. The molecule has 0 radical (unpaired) electrons. The van der Waals surface area contributed by atoms with Gasteiger partial charge in [-0.25, -0.2) is 4.79 Å². The fraction of sp³-hybridized carbons (Fsp3) is 0.471. The molecule has 8 heteroatoms. The number of carbonyl (C=O) groups excluding carboxylic acids is 3. The van der Waals surface area contributed by atoms with Crippen LogP contribution in [-0.4, -0.2) is 49.6 Å². The first kappa shape index (κ1) is 17.1. The molecule has 2 unspecified atom stereocenters. The van der Waals surface area contributed by atoms with E-state index >= 15 is 0 Å². The molecule has 2 N–H and O–H groups in total. The van der Waals surface area contributed by atoms with Crippen LogP contribution in [0.3, 0.4) is 0 Å². The molecule has 2 aliphatic heterocycles. The van der Waals surface area contributed by atoms with Gasteiger partial charge in [-0.3, -0.25) is 14.9 Å². The minimum absolute atomic E-state index is 0.0491. The van der Waals surface area contributed by atoms with Gasteiger partial charge in [0.25, 0.3) is 5.91 Å². The van der Waals surface area contributed by atoms with Gasteiger partial charge in [0.2, 0.25) is 5.91 Å². The fourth-order valence-corrected chi connectivity index (χ4v) is 3.38. The van der Waals surface area contributed by atoms with E-state index in [4.69, 9.17) is 9.47 Å². The molecule has 4 amide bonds. The minimum Gasteiger partial charge on any atom is -0.497 e. The van der Waals surface area contributed by atoms with Crippen molar-refractivity contribution in [2.24, 2.45) is 0 Å². The number of hydrogen-bond acceptors (Lipinski definition) is 5. The van der Waals surface area contributed by atoms with Crippen LogP contribution in [0.1, 0.15) is 30.9 Å². The van der Waals surface area contributed by atoms with Crippen LogP contribution in [0.2, 0.25) is 0 Å². The van der Waals surface area contributed by atoms with Crippen LogP contribution in [0.5, 0.6) is 11.5 Å². The maximum absolute atomic E-state index is 12.7. The van der Waals surface area contributed by atoms with Gasteiger partial charge in [0.15, 0.2) is 0 Å². The number of imide groups is 1. The van der Waals surface area contributed by atoms with E-state index in [1.165, 1.54) is 0 Å². The summed E-state index contributed by atoms with van der Waals surface area (Å²) in [6.45, 7) is 0.612. The molecule has 0 bridgehead atoms. The number of nitrogens with zero attached hydrogens (tertiary/aromatic N) is 1. The third kappa shape index (κ3) is 3.38. The number of carbonyl (C=O) groups is 3. The Bertz CT molecular complexity index is 706. The number of methoxy groups -OCH3 is 2. The van der Waals surface area contributed by atoms with Crippen molar-refractivity contribution in [3.63, 3.8) is 0 Å². The number of nitrogens with one attached hydrogen (secondary N) is 2. The van der Waals surface area contributed by atoms with E-state index in [0.717, 1.165) is 18.4 Å². The van der Waals surface area contributed by atoms with E-state index in [9.17, 15) is 14.4 Å². The SMILES string of the molecule is COc1ccc(C2CCCN2C(=O)CC2NC(=O)NC2=O)c(OC)c1. The third-order valence-electron chi connectivity index (χ3n) is 4.61. The highest BCUT2D eigenvalue weighted by molar-refractivity contribution is 6.05. The summed E-state index contributed by atoms with van der Waals surface area (Å²) in [7, 11) is 3.17. The number of benzene rings is 1. The van der Waals surface area contributed by atoms with Crippen LogP contribution >= 0.6 is 0 Å². The molecule has 1 aromatic rings. The number of amides is 4. The normalized spacial score (nSPS) is 22.6. The summed E-state index contributed by atoms with van der Waals surface area (Å²) in [6, 6.07) is 4.05. The molecular formula is C17H21N3O5. The molecule has 0 spiro atoms. The zero-order valence-corrected chi connectivity index (χ0v) is 14.2. The molecule has 2 saturated heterocycles. The van der Waals surface area contributed by atoms with Crippen LogP contribution in [0.15, 0.2) is 18.2 Å². The highest BCUT2D eigenvalue weighted by Gasteiger charge is 2.37. The van der Waals surface area contributed by atoms with Gasteiger partial charge >= 0.3 is 6.03 Å². The van der Waals surface area contributed by atoms with E-state index < -0.39 is 18.0 Å². The third-order valence-corrected chi connectivity index (χ3v) is 4.61. The van der Waals surface area contributed by atoms with Crippen LogP contribution in [0.4, 0.5) is 4.79 Å². The minimum atomic E-state index is -0.806. The molecule has 2 aliphatic rings. The van der Waals surface area contributed by atoms with E-state index in [-0.39, 0.29) is 18.4 Å². The van der Waals surface area contributed by atoms with Gasteiger partial charge in [-0.05, 0) is 25.0 Å². The average Bonchev–Trinajstić information content (AvgIpc) is 3.20. The highest BCUT2D eigenvalue weighted by Crippen LogP contribution is 2.39. The Labute approximate surface area is 145 Å². The summed E-state index contributed by atoms with van der Waals surface area (Å²) in [5.74, 6) is 0.719. The van der Waals surface area contributed by atoms with Gasteiger partial charge in [-0.1, -0.05) is 0 Å². The summed E-state index contributed by atoms with van der Waals surface area (Å²) in [5.41, 5.74) is 0.911. The van der Waals surface area contributed by atoms with Crippen molar-refractivity contribution < 1.29 is 23.9 Å². The Kier molecular flexibility index (Phi) is 4.78. The first-order chi connectivity index (χ1) is 12.0. The Hall–Kier alpha value is -2.77. The second kappa shape index (κ2) is 7.00. The van der Waals surface area contributed by atoms with Crippen molar-refractivity contribution in [1.82, 2.24) is 15.5 Å². The van der Waals surface area contributed by atoms with Crippen LogP contribution in [-0.2, 0) is 9.59 Å².